The molecule has 0 aliphatic carbocycles. The molecule has 0 bridgehead atoms. The monoisotopic (exact) mass is 536 g/mol. The number of hydrogen-bond donors (Lipinski definition) is 1. The summed E-state index contributed by atoms with van der Waals surface area (Å²) >= 11 is 7.70. The Morgan fingerprint density at radius 1 is 1.05 bits per heavy atom. The van der Waals surface area contributed by atoms with Gasteiger partial charge in [0.15, 0.2) is 5.75 Å². The minimum Gasteiger partial charge on any atom is -0.508 e. The summed E-state index contributed by atoms with van der Waals surface area (Å²) in [5.41, 5.74) is 3.59. The first kappa shape index (κ1) is 26.4. The molecule has 1 heterocycles. The Balaban J connectivity index is 1.78. The maximum absolute atomic E-state index is 14.0. The van der Waals surface area contributed by atoms with Crippen molar-refractivity contribution < 1.29 is 28.9 Å². The summed E-state index contributed by atoms with van der Waals surface area (Å²) in [6.45, 7) is 4.00. The van der Waals surface area contributed by atoms with E-state index in [4.69, 9.17) is 21.1 Å². The number of phenols is 1. The van der Waals surface area contributed by atoms with Gasteiger partial charge < -0.3 is 19.3 Å². The fourth-order valence-corrected chi connectivity index (χ4v) is 5.54. The number of ether oxygens (including phenoxy) is 3. The average Bonchev–Trinajstić information content (AvgIpc) is 3.22. The number of benzene rings is 3. The van der Waals surface area contributed by atoms with Gasteiger partial charge in [-0.25, -0.2) is 4.79 Å². The fourth-order valence-electron chi connectivity index (χ4n) is 4.07. The highest BCUT2D eigenvalue weighted by Gasteiger charge is 2.26. The summed E-state index contributed by atoms with van der Waals surface area (Å²) in [4.78, 5) is 25.8. The van der Waals surface area contributed by atoms with Crippen molar-refractivity contribution in [2.75, 3.05) is 14.2 Å². The molecule has 0 unspecified atom stereocenters. The lowest BCUT2D eigenvalue weighted by Gasteiger charge is -2.15. The standard InChI is InChI=1S/C29H25ClO6S/c1-16-13-23(30)22(15-34-3)17(2)26(16)27(33)29-28(21-11-8-19(31)14-24(21)37-29)36-20-9-5-18(6-10-20)7-12-25(32)35-4/h5-14,31H,15H2,1-4H3/b12-7+. The number of fused-ring (bicyclic) bond motifs is 1. The molecule has 0 atom stereocenters. The molecular weight excluding hydrogens is 512 g/mol. The van der Waals surface area contributed by atoms with Gasteiger partial charge in [0, 0.05) is 33.9 Å². The number of carbonyl (C=O) groups is 2. The molecule has 4 aromatic rings. The van der Waals surface area contributed by atoms with E-state index in [1.54, 1.807) is 61.7 Å². The molecule has 8 heteroatoms. The van der Waals surface area contributed by atoms with Gasteiger partial charge in [0.1, 0.15) is 16.4 Å². The number of rotatable bonds is 8. The van der Waals surface area contributed by atoms with Gasteiger partial charge in [-0.1, -0.05) is 23.7 Å². The normalized spacial score (nSPS) is 11.3. The number of thiophene rings is 1. The summed E-state index contributed by atoms with van der Waals surface area (Å²) < 4.78 is 16.9. The van der Waals surface area contributed by atoms with Crippen LogP contribution in [0, 0.1) is 13.8 Å². The number of phenolic OH excluding ortho intramolecular Hbond substituents is 1. The molecule has 0 amide bonds. The number of methoxy groups -OCH3 is 2. The number of carbonyl (C=O) groups excluding carboxylic acids is 2. The van der Waals surface area contributed by atoms with Crippen LogP contribution in [0.5, 0.6) is 17.2 Å². The third-order valence-corrected chi connectivity index (χ3v) is 7.39. The zero-order chi connectivity index (χ0) is 26.7. The molecule has 4 rings (SSSR count). The molecule has 0 fully saturated rings. The summed E-state index contributed by atoms with van der Waals surface area (Å²) in [5.74, 6) is 0.379. The highest BCUT2D eigenvalue weighted by molar-refractivity contribution is 7.21. The van der Waals surface area contributed by atoms with Crippen molar-refractivity contribution in [2.45, 2.75) is 20.5 Å². The topological polar surface area (TPSA) is 82.1 Å². The summed E-state index contributed by atoms with van der Waals surface area (Å²) in [6.07, 6.45) is 2.97. The van der Waals surface area contributed by atoms with Crippen LogP contribution in [0.15, 0.2) is 54.6 Å². The number of hydrogen-bond acceptors (Lipinski definition) is 7. The molecule has 0 radical (unpaired) electrons. The molecule has 6 nitrogen and oxygen atoms in total. The van der Waals surface area contributed by atoms with Crippen molar-refractivity contribution in [1.82, 2.24) is 0 Å². The van der Waals surface area contributed by atoms with Crippen molar-refractivity contribution in [3.8, 4) is 17.2 Å². The third-order valence-electron chi connectivity index (χ3n) is 5.92. The first-order valence-corrected chi connectivity index (χ1v) is 12.5. The number of halogens is 1. The van der Waals surface area contributed by atoms with E-state index in [0.717, 1.165) is 27.0 Å². The predicted molar refractivity (Wildman–Crippen MR) is 146 cm³/mol. The van der Waals surface area contributed by atoms with Gasteiger partial charge >= 0.3 is 5.97 Å². The lowest BCUT2D eigenvalue weighted by atomic mass is 9.94. The van der Waals surface area contributed by atoms with Crippen LogP contribution in [0.2, 0.25) is 5.02 Å². The minimum atomic E-state index is -0.446. The van der Waals surface area contributed by atoms with Gasteiger partial charge in [-0.2, -0.15) is 0 Å². The number of esters is 1. The quantitative estimate of drug-likeness (QED) is 0.145. The second kappa shape index (κ2) is 11.2. The van der Waals surface area contributed by atoms with Gasteiger partial charge in [-0.05, 0) is 78.6 Å². The van der Waals surface area contributed by atoms with E-state index in [2.05, 4.69) is 4.74 Å². The van der Waals surface area contributed by atoms with Gasteiger partial charge in [-0.15, -0.1) is 11.3 Å². The Labute approximate surface area is 223 Å². The van der Waals surface area contributed by atoms with Crippen molar-refractivity contribution in [1.29, 1.82) is 0 Å². The second-order valence-electron chi connectivity index (χ2n) is 8.38. The second-order valence-corrected chi connectivity index (χ2v) is 9.84. The van der Waals surface area contributed by atoms with Crippen LogP contribution in [0.25, 0.3) is 16.2 Å². The average molecular weight is 537 g/mol. The van der Waals surface area contributed by atoms with Crippen LogP contribution in [-0.2, 0) is 20.9 Å². The Kier molecular flexibility index (Phi) is 7.97. The minimum absolute atomic E-state index is 0.0993. The van der Waals surface area contributed by atoms with Crippen LogP contribution in [-0.4, -0.2) is 31.1 Å². The van der Waals surface area contributed by atoms with Crippen LogP contribution in [0.1, 0.15) is 37.5 Å². The van der Waals surface area contributed by atoms with Gasteiger partial charge in [0.05, 0.1) is 13.7 Å². The largest absolute Gasteiger partial charge is 0.508 e. The van der Waals surface area contributed by atoms with Crippen LogP contribution in [0.4, 0.5) is 0 Å². The van der Waals surface area contributed by atoms with E-state index in [-0.39, 0.29) is 18.1 Å². The lowest BCUT2D eigenvalue weighted by molar-refractivity contribution is -0.134. The number of aromatic hydroxyl groups is 1. The van der Waals surface area contributed by atoms with E-state index >= 15 is 0 Å². The molecule has 0 spiro atoms. The highest BCUT2D eigenvalue weighted by Crippen LogP contribution is 2.43. The van der Waals surface area contributed by atoms with Crippen molar-refractivity contribution in [3.05, 3.63) is 92.3 Å². The fraction of sp³-hybridized carbons (Fsp3) is 0.172. The van der Waals surface area contributed by atoms with E-state index in [9.17, 15) is 14.7 Å². The molecule has 37 heavy (non-hydrogen) atoms. The zero-order valence-corrected chi connectivity index (χ0v) is 22.3. The molecule has 0 saturated heterocycles. The lowest BCUT2D eigenvalue weighted by Crippen LogP contribution is -2.09. The van der Waals surface area contributed by atoms with E-state index in [1.165, 1.54) is 24.5 Å². The predicted octanol–water partition coefficient (Wildman–Crippen LogP) is 7.23. The number of aryl methyl sites for hydroxylation is 1. The van der Waals surface area contributed by atoms with Gasteiger partial charge in [0.2, 0.25) is 5.78 Å². The Morgan fingerprint density at radius 2 is 1.78 bits per heavy atom. The molecule has 0 aliphatic rings. The molecule has 3 aromatic carbocycles. The van der Waals surface area contributed by atoms with Crippen molar-refractivity contribution >= 4 is 50.9 Å². The Bertz CT molecular complexity index is 1520. The molecule has 1 aromatic heterocycles. The zero-order valence-electron chi connectivity index (χ0n) is 20.8. The van der Waals surface area contributed by atoms with Crippen LogP contribution < -0.4 is 4.74 Å². The van der Waals surface area contributed by atoms with E-state index in [1.807, 2.05) is 13.8 Å². The summed E-state index contributed by atoms with van der Waals surface area (Å²) in [7, 11) is 2.90. The molecule has 190 valence electrons. The van der Waals surface area contributed by atoms with Crippen molar-refractivity contribution in [2.24, 2.45) is 0 Å². The summed E-state index contributed by atoms with van der Waals surface area (Å²) in [5, 5.41) is 11.3. The highest BCUT2D eigenvalue weighted by atomic mass is 35.5. The Morgan fingerprint density at radius 3 is 2.46 bits per heavy atom. The molecular formula is C29H25ClO6S. The molecule has 1 N–H and O–H groups in total. The summed E-state index contributed by atoms with van der Waals surface area (Å²) in [6, 6.07) is 13.8. The maximum atomic E-state index is 14.0. The molecule has 0 aliphatic heterocycles. The van der Waals surface area contributed by atoms with Crippen LogP contribution >= 0.6 is 22.9 Å². The van der Waals surface area contributed by atoms with Crippen molar-refractivity contribution in [3.63, 3.8) is 0 Å². The maximum Gasteiger partial charge on any atom is 0.330 e. The van der Waals surface area contributed by atoms with Gasteiger partial charge in [0.25, 0.3) is 0 Å². The van der Waals surface area contributed by atoms with Gasteiger partial charge in [-0.3, -0.25) is 4.79 Å². The first-order chi connectivity index (χ1) is 17.7. The Hall–Kier alpha value is -3.65. The first-order valence-electron chi connectivity index (χ1n) is 11.3. The number of ketones is 1. The SMILES string of the molecule is COCc1c(Cl)cc(C)c(C(=O)c2sc3cc(O)ccc3c2Oc2ccc(/C=C/C(=O)OC)cc2)c1C. The van der Waals surface area contributed by atoms with E-state index in [0.29, 0.717) is 32.3 Å². The third kappa shape index (κ3) is 5.54. The van der Waals surface area contributed by atoms with Crippen LogP contribution in [0.3, 0.4) is 0 Å². The van der Waals surface area contributed by atoms with E-state index < -0.39 is 5.97 Å². The smallest absolute Gasteiger partial charge is 0.330 e. The molecule has 0 saturated carbocycles.